The number of nitrogens with zero attached hydrogens (tertiary/aromatic N) is 3. The lowest BCUT2D eigenvalue weighted by atomic mass is 10.1. The van der Waals surface area contributed by atoms with Crippen molar-refractivity contribution in [2.75, 3.05) is 30.3 Å². The fourth-order valence-corrected chi connectivity index (χ4v) is 3.01. The fraction of sp³-hybridized carbons (Fsp3) is 0.429. The number of benzene rings is 1. The molecule has 98 valence electrons. The number of carbonyl (C=O) groups is 1. The third kappa shape index (κ3) is 1.89. The molecule has 2 heterocycles. The maximum Gasteiger partial charge on any atom is 0.223 e. The van der Waals surface area contributed by atoms with Crippen LogP contribution in [-0.4, -0.2) is 36.5 Å². The van der Waals surface area contributed by atoms with Gasteiger partial charge in [0.2, 0.25) is 5.91 Å². The van der Waals surface area contributed by atoms with Crippen LogP contribution in [0.15, 0.2) is 18.2 Å². The number of carbonyl (C=O) groups excluding carboxylic acids is 1. The van der Waals surface area contributed by atoms with Crippen molar-refractivity contribution in [1.82, 2.24) is 4.90 Å². The Morgan fingerprint density at radius 2 is 2.21 bits per heavy atom. The summed E-state index contributed by atoms with van der Waals surface area (Å²) in [6.45, 7) is 2.34. The number of rotatable bonds is 1. The molecule has 1 amide bonds. The maximum atomic E-state index is 11.7. The normalized spacial score (nSPS) is 22.3. The molecule has 2 saturated heterocycles. The molecule has 0 aromatic heterocycles. The summed E-state index contributed by atoms with van der Waals surface area (Å²) in [6, 6.07) is 7.94. The van der Waals surface area contributed by atoms with Crippen LogP contribution in [0.1, 0.15) is 18.4 Å². The first kappa shape index (κ1) is 11.8. The number of hydrogen-bond acceptors (Lipinski definition) is 4. The summed E-state index contributed by atoms with van der Waals surface area (Å²) < 4.78 is 0. The van der Waals surface area contributed by atoms with Crippen LogP contribution in [0.5, 0.6) is 0 Å². The van der Waals surface area contributed by atoms with E-state index in [4.69, 9.17) is 11.0 Å². The molecular weight excluding hydrogens is 240 g/mol. The van der Waals surface area contributed by atoms with E-state index in [1.54, 1.807) is 6.07 Å². The van der Waals surface area contributed by atoms with Crippen LogP contribution in [0.4, 0.5) is 11.4 Å². The van der Waals surface area contributed by atoms with Crippen molar-refractivity contribution in [1.29, 1.82) is 5.26 Å². The fourth-order valence-electron chi connectivity index (χ4n) is 3.01. The SMILES string of the molecule is N#Cc1cccc(N2CCN3C(=O)CCC3C2)c1N. The minimum absolute atomic E-state index is 0.267. The van der Waals surface area contributed by atoms with Crippen molar-refractivity contribution >= 4 is 17.3 Å². The highest BCUT2D eigenvalue weighted by atomic mass is 16.2. The summed E-state index contributed by atoms with van der Waals surface area (Å²) in [4.78, 5) is 15.8. The zero-order valence-electron chi connectivity index (χ0n) is 10.7. The number of para-hydroxylation sites is 1. The summed E-state index contributed by atoms with van der Waals surface area (Å²) >= 11 is 0. The van der Waals surface area contributed by atoms with E-state index in [1.807, 2.05) is 17.0 Å². The molecule has 2 aliphatic heterocycles. The minimum atomic E-state index is 0.267. The van der Waals surface area contributed by atoms with E-state index < -0.39 is 0 Å². The van der Waals surface area contributed by atoms with Crippen LogP contribution < -0.4 is 10.6 Å². The molecular formula is C14H16N4O. The maximum absolute atomic E-state index is 11.7. The molecule has 0 aliphatic carbocycles. The van der Waals surface area contributed by atoms with E-state index in [1.165, 1.54) is 0 Å². The van der Waals surface area contributed by atoms with Gasteiger partial charge in [-0.25, -0.2) is 0 Å². The summed E-state index contributed by atoms with van der Waals surface area (Å²) in [5, 5.41) is 9.02. The molecule has 0 saturated carbocycles. The van der Waals surface area contributed by atoms with Crippen LogP contribution in [0.3, 0.4) is 0 Å². The van der Waals surface area contributed by atoms with Crippen LogP contribution in [0.2, 0.25) is 0 Å². The third-order valence-electron chi connectivity index (χ3n) is 4.04. The second kappa shape index (κ2) is 4.47. The van der Waals surface area contributed by atoms with Crippen molar-refractivity contribution in [3.05, 3.63) is 23.8 Å². The number of hydrogen-bond donors (Lipinski definition) is 1. The van der Waals surface area contributed by atoms with Crippen molar-refractivity contribution in [2.45, 2.75) is 18.9 Å². The minimum Gasteiger partial charge on any atom is -0.396 e. The van der Waals surface area contributed by atoms with Crippen LogP contribution in [0.25, 0.3) is 0 Å². The molecule has 2 aliphatic rings. The largest absolute Gasteiger partial charge is 0.396 e. The van der Waals surface area contributed by atoms with Gasteiger partial charge in [0.1, 0.15) is 6.07 Å². The van der Waals surface area contributed by atoms with E-state index in [2.05, 4.69) is 11.0 Å². The zero-order valence-corrected chi connectivity index (χ0v) is 10.7. The van der Waals surface area contributed by atoms with Crippen molar-refractivity contribution in [3.63, 3.8) is 0 Å². The molecule has 5 heteroatoms. The van der Waals surface area contributed by atoms with E-state index in [-0.39, 0.29) is 5.91 Å². The number of nitriles is 1. The Morgan fingerprint density at radius 1 is 1.37 bits per heavy atom. The average Bonchev–Trinajstić information content (AvgIpc) is 2.80. The summed E-state index contributed by atoms with van der Waals surface area (Å²) in [5.41, 5.74) is 8.02. The second-order valence-corrected chi connectivity index (χ2v) is 5.08. The van der Waals surface area contributed by atoms with Gasteiger partial charge in [0, 0.05) is 32.1 Å². The first-order valence-electron chi connectivity index (χ1n) is 6.53. The quantitative estimate of drug-likeness (QED) is 0.759. The Labute approximate surface area is 112 Å². The van der Waals surface area contributed by atoms with Crippen LogP contribution in [-0.2, 0) is 4.79 Å². The molecule has 0 spiro atoms. The number of nitrogen functional groups attached to an aromatic ring is 1. The van der Waals surface area contributed by atoms with Gasteiger partial charge < -0.3 is 15.5 Å². The summed E-state index contributed by atoms with van der Waals surface area (Å²) in [7, 11) is 0. The first-order valence-corrected chi connectivity index (χ1v) is 6.53. The smallest absolute Gasteiger partial charge is 0.223 e. The summed E-state index contributed by atoms with van der Waals surface area (Å²) in [6.07, 6.45) is 1.58. The lowest BCUT2D eigenvalue weighted by Gasteiger charge is -2.39. The van der Waals surface area contributed by atoms with Gasteiger partial charge >= 0.3 is 0 Å². The number of piperazine rings is 1. The van der Waals surface area contributed by atoms with Gasteiger partial charge in [-0.3, -0.25) is 4.79 Å². The Balaban J connectivity index is 1.85. The van der Waals surface area contributed by atoms with Crippen LogP contribution in [0, 0.1) is 11.3 Å². The zero-order chi connectivity index (χ0) is 13.4. The Hall–Kier alpha value is -2.22. The van der Waals surface area contributed by atoms with Crippen molar-refractivity contribution < 1.29 is 4.79 Å². The highest BCUT2D eigenvalue weighted by Crippen LogP contribution is 2.31. The standard InChI is InChI=1S/C14H16N4O/c15-8-10-2-1-3-12(14(10)16)17-6-7-18-11(9-17)4-5-13(18)19/h1-3,11H,4-7,9,16H2. The van der Waals surface area contributed by atoms with E-state index >= 15 is 0 Å². The van der Waals surface area contributed by atoms with Gasteiger partial charge in [-0.2, -0.15) is 5.26 Å². The molecule has 1 unspecified atom stereocenters. The number of fused-ring (bicyclic) bond motifs is 1. The average molecular weight is 256 g/mol. The van der Waals surface area contributed by atoms with Gasteiger partial charge in [-0.15, -0.1) is 0 Å². The molecule has 1 atom stereocenters. The van der Waals surface area contributed by atoms with E-state index in [9.17, 15) is 4.79 Å². The highest BCUT2D eigenvalue weighted by Gasteiger charge is 2.35. The molecule has 2 N–H and O–H groups in total. The Bertz CT molecular complexity index is 563. The Kier molecular flexibility index (Phi) is 2.79. The monoisotopic (exact) mass is 256 g/mol. The third-order valence-corrected chi connectivity index (χ3v) is 4.04. The molecule has 0 bridgehead atoms. The topological polar surface area (TPSA) is 73.4 Å². The molecule has 3 rings (SSSR count). The van der Waals surface area contributed by atoms with E-state index in [0.29, 0.717) is 23.7 Å². The molecule has 1 aromatic carbocycles. The van der Waals surface area contributed by atoms with Crippen LogP contribution >= 0.6 is 0 Å². The molecule has 2 fully saturated rings. The van der Waals surface area contributed by atoms with Gasteiger partial charge in [0.05, 0.1) is 16.9 Å². The van der Waals surface area contributed by atoms with Crippen molar-refractivity contribution in [2.24, 2.45) is 0 Å². The second-order valence-electron chi connectivity index (χ2n) is 5.08. The Morgan fingerprint density at radius 3 is 3.00 bits per heavy atom. The lowest BCUT2D eigenvalue weighted by Crippen LogP contribution is -2.51. The highest BCUT2D eigenvalue weighted by molar-refractivity contribution is 5.80. The number of amides is 1. The van der Waals surface area contributed by atoms with Gasteiger partial charge in [-0.05, 0) is 18.6 Å². The summed E-state index contributed by atoms with van der Waals surface area (Å²) in [5.74, 6) is 0.267. The van der Waals surface area contributed by atoms with Gasteiger partial charge in [0.25, 0.3) is 0 Å². The predicted molar refractivity (Wildman–Crippen MR) is 72.5 cm³/mol. The molecule has 1 aromatic rings. The lowest BCUT2D eigenvalue weighted by molar-refractivity contribution is -0.129. The first-order chi connectivity index (χ1) is 9.20. The van der Waals surface area contributed by atoms with Gasteiger partial charge in [0.15, 0.2) is 0 Å². The number of anilines is 2. The predicted octanol–water partition coefficient (Wildman–Crippen LogP) is 0.951. The number of nitrogens with two attached hydrogens (primary N) is 1. The van der Waals surface area contributed by atoms with Gasteiger partial charge in [-0.1, -0.05) is 6.07 Å². The van der Waals surface area contributed by atoms with Crippen molar-refractivity contribution in [3.8, 4) is 6.07 Å². The van der Waals surface area contributed by atoms with E-state index in [0.717, 1.165) is 31.7 Å². The molecule has 5 nitrogen and oxygen atoms in total. The molecule has 0 radical (unpaired) electrons. The molecule has 19 heavy (non-hydrogen) atoms.